The maximum Gasteiger partial charge on any atom is 0.180 e. The Morgan fingerprint density at radius 2 is 2.15 bits per heavy atom. The molecule has 1 aliphatic rings. The highest BCUT2D eigenvalue weighted by Gasteiger charge is 2.15. The van der Waals surface area contributed by atoms with Gasteiger partial charge in [-0.15, -0.1) is 0 Å². The molecule has 3 heterocycles. The van der Waals surface area contributed by atoms with Crippen LogP contribution in [-0.2, 0) is 4.79 Å². The third-order valence-electron chi connectivity index (χ3n) is 5.53. The number of fused-ring (bicyclic) bond motifs is 2. The van der Waals surface area contributed by atoms with Gasteiger partial charge in [0.25, 0.3) is 0 Å². The number of ether oxygens (including phenoxy) is 3. The van der Waals surface area contributed by atoms with Crippen molar-refractivity contribution < 1.29 is 19.0 Å². The van der Waals surface area contributed by atoms with Gasteiger partial charge in [0.15, 0.2) is 28.7 Å². The first-order valence-electron chi connectivity index (χ1n) is 11.1. The number of carbonyl (C=O) groups is 1. The lowest BCUT2D eigenvalue weighted by Gasteiger charge is -2.19. The minimum Gasteiger partial charge on any atom is -0.493 e. The summed E-state index contributed by atoms with van der Waals surface area (Å²) in [5, 5.41) is 6.71. The van der Waals surface area contributed by atoms with E-state index in [1.807, 2.05) is 48.0 Å². The van der Waals surface area contributed by atoms with E-state index in [4.69, 9.17) is 19.2 Å². The smallest absolute Gasteiger partial charge is 0.180 e. The van der Waals surface area contributed by atoms with Crippen molar-refractivity contribution in [2.24, 2.45) is 0 Å². The number of Topliss-reactive ketones (excluding diaryl/α,β-unsaturated/α-hetero) is 1. The van der Waals surface area contributed by atoms with E-state index in [0.717, 1.165) is 34.9 Å². The summed E-state index contributed by atoms with van der Waals surface area (Å²) < 4.78 is 18.7. The standard InChI is InChI=1S/C25H25N5O4/c1-3-18(31)15-34-22-7-5-17(13-23(22)32-2)28-24-25-27-8-10-30(25)14-20(29-24)16-4-6-21-19(12-16)26-9-11-33-21/h4-8,10,12-14,26H,3,9,11,15H2,1-2H3,(H,28,29). The first-order chi connectivity index (χ1) is 16.6. The van der Waals surface area contributed by atoms with E-state index in [0.29, 0.717) is 36.0 Å². The van der Waals surface area contributed by atoms with Crippen molar-refractivity contribution in [1.82, 2.24) is 14.4 Å². The first kappa shape index (κ1) is 21.6. The van der Waals surface area contributed by atoms with Crippen molar-refractivity contribution in [3.05, 3.63) is 55.0 Å². The summed E-state index contributed by atoms with van der Waals surface area (Å²) in [6.45, 7) is 3.24. The molecule has 0 spiro atoms. The second kappa shape index (κ2) is 9.30. The lowest BCUT2D eigenvalue weighted by molar-refractivity contribution is -0.120. The average molecular weight is 460 g/mol. The van der Waals surface area contributed by atoms with Crippen LogP contribution in [0.25, 0.3) is 16.9 Å². The zero-order valence-electron chi connectivity index (χ0n) is 19.0. The minimum atomic E-state index is 0.0125. The Morgan fingerprint density at radius 1 is 1.24 bits per heavy atom. The van der Waals surface area contributed by atoms with Gasteiger partial charge in [-0.05, 0) is 30.3 Å². The summed E-state index contributed by atoms with van der Waals surface area (Å²) in [6.07, 6.45) is 5.99. The number of aromatic nitrogens is 3. The number of ketones is 1. The number of nitrogens with one attached hydrogen (secondary N) is 2. The number of rotatable bonds is 8. The molecule has 0 saturated heterocycles. The van der Waals surface area contributed by atoms with Crippen LogP contribution in [0.3, 0.4) is 0 Å². The minimum absolute atomic E-state index is 0.0125. The van der Waals surface area contributed by atoms with E-state index in [2.05, 4.69) is 15.6 Å². The van der Waals surface area contributed by atoms with E-state index < -0.39 is 0 Å². The fourth-order valence-electron chi connectivity index (χ4n) is 3.72. The van der Waals surface area contributed by atoms with Crippen LogP contribution < -0.4 is 24.8 Å². The van der Waals surface area contributed by atoms with E-state index in [1.54, 1.807) is 25.4 Å². The monoisotopic (exact) mass is 459 g/mol. The molecule has 2 N–H and O–H groups in total. The molecule has 4 aromatic rings. The van der Waals surface area contributed by atoms with E-state index in [1.165, 1.54) is 0 Å². The molecule has 0 radical (unpaired) electrons. The zero-order valence-corrected chi connectivity index (χ0v) is 19.0. The van der Waals surface area contributed by atoms with Gasteiger partial charge in [-0.1, -0.05) is 6.92 Å². The maximum absolute atomic E-state index is 11.6. The summed E-state index contributed by atoms with van der Waals surface area (Å²) in [7, 11) is 1.56. The van der Waals surface area contributed by atoms with E-state index in [9.17, 15) is 4.79 Å². The molecule has 1 aliphatic heterocycles. The van der Waals surface area contributed by atoms with E-state index in [-0.39, 0.29) is 12.4 Å². The number of hydrogen-bond donors (Lipinski definition) is 2. The van der Waals surface area contributed by atoms with Crippen molar-refractivity contribution in [3.63, 3.8) is 0 Å². The molecule has 174 valence electrons. The third kappa shape index (κ3) is 4.32. The first-order valence-corrected chi connectivity index (χ1v) is 11.1. The van der Waals surface area contributed by atoms with Gasteiger partial charge in [-0.3, -0.25) is 4.79 Å². The fourth-order valence-corrected chi connectivity index (χ4v) is 3.72. The number of anilines is 3. The molecular weight excluding hydrogens is 434 g/mol. The number of methoxy groups -OCH3 is 1. The molecule has 9 heteroatoms. The van der Waals surface area contributed by atoms with Crippen molar-refractivity contribution in [1.29, 1.82) is 0 Å². The van der Waals surface area contributed by atoms with Gasteiger partial charge in [0.2, 0.25) is 0 Å². The lowest BCUT2D eigenvalue weighted by Crippen LogP contribution is -2.17. The average Bonchev–Trinajstić information content (AvgIpc) is 3.36. The lowest BCUT2D eigenvalue weighted by atomic mass is 10.1. The van der Waals surface area contributed by atoms with Gasteiger partial charge < -0.3 is 29.2 Å². The summed E-state index contributed by atoms with van der Waals surface area (Å²) in [4.78, 5) is 20.9. The molecule has 0 saturated carbocycles. The number of hydrogen-bond acceptors (Lipinski definition) is 8. The topological polar surface area (TPSA) is 99.0 Å². The summed E-state index contributed by atoms with van der Waals surface area (Å²) in [5.74, 6) is 2.49. The molecule has 0 fully saturated rings. The van der Waals surface area contributed by atoms with Crippen molar-refractivity contribution in [2.45, 2.75) is 13.3 Å². The number of carbonyl (C=O) groups excluding carboxylic acids is 1. The number of benzene rings is 2. The molecule has 9 nitrogen and oxygen atoms in total. The molecule has 2 aromatic carbocycles. The normalized spacial score (nSPS) is 12.4. The van der Waals surface area contributed by atoms with Crippen LogP contribution in [0.2, 0.25) is 0 Å². The highest BCUT2D eigenvalue weighted by molar-refractivity contribution is 5.80. The quantitative estimate of drug-likeness (QED) is 0.402. The van der Waals surface area contributed by atoms with Gasteiger partial charge >= 0.3 is 0 Å². The Balaban J connectivity index is 1.46. The molecule has 0 aliphatic carbocycles. The molecule has 0 unspecified atom stereocenters. The van der Waals surface area contributed by atoms with Crippen LogP contribution in [-0.4, -0.2) is 47.0 Å². The molecule has 0 atom stereocenters. The highest BCUT2D eigenvalue weighted by Crippen LogP contribution is 2.34. The van der Waals surface area contributed by atoms with Gasteiger partial charge in [0.05, 0.1) is 18.5 Å². The predicted molar refractivity (Wildman–Crippen MR) is 129 cm³/mol. The second-order valence-electron chi connectivity index (χ2n) is 7.79. The van der Waals surface area contributed by atoms with Crippen LogP contribution in [0.5, 0.6) is 17.2 Å². The van der Waals surface area contributed by atoms with Crippen LogP contribution in [0.4, 0.5) is 17.2 Å². The molecular formula is C25H25N5O4. The second-order valence-corrected chi connectivity index (χ2v) is 7.79. The van der Waals surface area contributed by atoms with E-state index >= 15 is 0 Å². The molecule has 0 bridgehead atoms. The zero-order chi connectivity index (χ0) is 23.5. The van der Waals surface area contributed by atoms with Crippen LogP contribution in [0, 0.1) is 0 Å². The van der Waals surface area contributed by atoms with Crippen LogP contribution in [0.15, 0.2) is 55.0 Å². The van der Waals surface area contributed by atoms with Crippen molar-refractivity contribution in [2.75, 3.05) is 37.5 Å². The number of nitrogens with zero attached hydrogens (tertiary/aromatic N) is 3. The van der Waals surface area contributed by atoms with Crippen LogP contribution in [0.1, 0.15) is 13.3 Å². The van der Waals surface area contributed by atoms with Gasteiger partial charge in [-0.25, -0.2) is 9.97 Å². The van der Waals surface area contributed by atoms with Gasteiger partial charge in [0.1, 0.15) is 19.0 Å². The summed E-state index contributed by atoms with van der Waals surface area (Å²) in [6, 6.07) is 11.4. The SMILES string of the molecule is CCC(=O)COc1ccc(Nc2nc(-c3ccc4c(c3)NCCO4)cn3ccnc23)cc1OC. The maximum atomic E-state index is 11.6. The Morgan fingerprint density at radius 3 is 3.00 bits per heavy atom. The number of imidazole rings is 1. The van der Waals surface area contributed by atoms with Crippen molar-refractivity contribution >= 4 is 28.6 Å². The Hall–Kier alpha value is -4.27. The fraction of sp³-hybridized carbons (Fsp3) is 0.240. The molecule has 2 aromatic heterocycles. The predicted octanol–water partition coefficient (Wildman–Crippen LogP) is 4.31. The summed E-state index contributed by atoms with van der Waals surface area (Å²) in [5.41, 5.74) is 4.13. The molecule has 5 rings (SSSR count). The van der Waals surface area contributed by atoms with Gasteiger partial charge in [-0.2, -0.15) is 0 Å². The molecule has 0 amide bonds. The summed E-state index contributed by atoms with van der Waals surface area (Å²) >= 11 is 0. The highest BCUT2D eigenvalue weighted by atomic mass is 16.5. The molecule has 34 heavy (non-hydrogen) atoms. The largest absolute Gasteiger partial charge is 0.493 e. The third-order valence-corrected chi connectivity index (χ3v) is 5.53. The Bertz CT molecular complexity index is 1350. The van der Waals surface area contributed by atoms with Crippen LogP contribution >= 0.6 is 0 Å². The Labute approximate surface area is 196 Å². The van der Waals surface area contributed by atoms with Crippen molar-refractivity contribution in [3.8, 4) is 28.5 Å². The van der Waals surface area contributed by atoms with Gasteiger partial charge in [0, 0.05) is 48.9 Å². The Kier molecular flexibility index (Phi) is 5.90.